The molecular weight excluding hydrogens is 424 g/mol. The van der Waals surface area contributed by atoms with Crippen LogP contribution in [0, 0.1) is 6.92 Å². The Morgan fingerprint density at radius 2 is 1.75 bits per heavy atom. The first-order valence-electron chi connectivity index (χ1n) is 10.1. The van der Waals surface area contributed by atoms with Crippen molar-refractivity contribution in [2.75, 3.05) is 5.32 Å². The number of aryl methyl sites for hydroxylation is 1. The molecule has 1 atom stereocenters. The molecule has 0 aliphatic rings. The molecule has 1 amide bonds. The molecular formula is C24H22N4O3S. The van der Waals surface area contributed by atoms with Gasteiger partial charge in [0.1, 0.15) is 5.76 Å². The van der Waals surface area contributed by atoms with Crippen LogP contribution in [0.4, 0.5) is 5.69 Å². The fraction of sp³-hybridized carbons (Fsp3) is 0.167. The molecule has 1 unspecified atom stereocenters. The summed E-state index contributed by atoms with van der Waals surface area (Å²) in [4.78, 5) is 24.2. The first-order chi connectivity index (χ1) is 15.4. The van der Waals surface area contributed by atoms with Gasteiger partial charge in [0.25, 0.3) is 0 Å². The van der Waals surface area contributed by atoms with Gasteiger partial charge in [0.15, 0.2) is 16.8 Å². The third kappa shape index (κ3) is 4.50. The van der Waals surface area contributed by atoms with Gasteiger partial charge >= 0.3 is 0 Å². The monoisotopic (exact) mass is 446 g/mol. The van der Waals surface area contributed by atoms with Gasteiger partial charge in [0.05, 0.1) is 17.1 Å². The van der Waals surface area contributed by atoms with Gasteiger partial charge in [-0.15, -0.1) is 10.2 Å². The third-order valence-electron chi connectivity index (χ3n) is 4.89. The SMILES string of the molecule is CC(=O)Nc1ccc(C(=O)C(C)Sc2nnc(-c3ccoc3C)n2-c2ccccc2)cc1. The summed E-state index contributed by atoms with van der Waals surface area (Å²) in [6.07, 6.45) is 1.62. The van der Waals surface area contributed by atoms with Crippen LogP contribution in [0.1, 0.15) is 30.0 Å². The zero-order chi connectivity index (χ0) is 22.7. The summed E-state index contributed by atoms with van der Waals surface area (Å²) in [5, 5.41) is 11.7. The number of carbonyl (C=O) groups is 2. The Kier molecular flexibility index (Phi) is 6.23. The molecule has 0 aliphatic carbocycles. The largest absolute Gasteiger partial charge is 0.469 e. The summed E-state index contributed by atoms with van der Waals surface area (Å²) in [6.45, 7) is 5.17. The highest BCUT2D eigenvalue weighted by Gasteiger charge is 2.24. The van der Waals surface area contributed by atoms with E-state index in [4.69, 9.17) is 4.42 Å². The number of ketones is 1. The van der Waals surface area contributed by atoms with Crippen LogP contribution in [0.15, 0.2) is 76.5 Å². The number of thioether (sulfide) groups is 1. The van der Waals surface area contributed by atoms with Crippen molar-refractivity contribution in [3.8, 4) is 17.1 Å². The Morgan fingerprint density at radius 3 is 2.38 bits per heavy atom. The van der Waals surface area contributed by atoms with Crippen molar-refractivity contribution < 1.29 is 14.0 Å². The Hall–Kier alpha value is -3.65. The fourth-order valence-corrected chi connectivity index (χ4v) is 4.26. The van der Waals surface area contributed by atoms with E-state index in [9.17, 15) is 9.59 Å². The molecule has 2 aromatic carbocycles. The Bertz CT molecular complexity index is 1250. The number of nitrogens with zero attached hydrogens (tertiary/aromatic N) is 3. The van der Waals surface area contributed by atoms with E-state index in [1.165, 1.54) is 18.7 Å². The van der Waals surface area contributed by atoms with Crippen LogP contribution in [-0.4, -0.2) is 31.7 Å². The van der Waals surface area contributed by atoms with Gasteiger partial charge in [-0.25, -0.2) is 0 Å². The number of benzene rings is 2. The first kappa shape index (κ1) is 21.6. The lowest BCUT2D eigenvalue weighted by Gasteiger charge is -2.13. The van der Waals surface area contributed by atoms with Crippen LogP contribution < -0.4 is 5.32 Å². The van der Waals surface area contributed by atoms with Gasteiger partial charge in [-0.2, -0.15) is 0 Å². The van der Waals surface area contributed by atoms with Crippen LogP contribution in [0.2, 0.25) is 0 Å². The standard InChI is InChI=1S/C24H22N4O3S/c1-15-21(13-14-31-15)23-26-27-24(28(23)20-7-5-4-6-8-20)32-16(2)22(30)18-9-11-19(12-10-18)25-17(3)29/h4-14,16H,1-3H3,(H,25,29). The zero-order valence-electron chi connectivity index (χ0n) is 17.9. The van der Waals surface area contributed by atoms with Crippen molar-refractivity contribution in [2.45, 2.75) is 31.2 Å². The van der Waals surface area contributed by atoms with Crippen LogP contribution >= 0.6 is 11.8 Å². The van der Waals surface area contributed by atoms with Crippen LogP contribution in [0.5, 0.6) is 0 Å². The predicted molar refractivity (Wildman–Crippen MR) is 124 cm³/mol. The summed E-state index contributed by atoms with van der Waals surface area (Å²) in [5.41, 5.74) is 2.96. The van der Waals surface area contributed by atoms with Gasteiger partial charge in [0, 0.05) is 23.9 Å². The van der Waals surface area contributed by atoms with Gasteiger partial charge in [-0.3, -0.25) is 14.2 Å². The van der Waals surface area contributed by atoms with E-state index < -0.39 is 5.25 Å². The molecule has 8 heteroatoms. The summed E-state index contributed by atoms with van der Waals surface area (Å²) < 4.78 is 7.40. The topological polar surface area (TPSA) is 90.0 Å². The number of nitrogens with one attached hydrogen (secondary N) is 1. The molecule has 162 valence electrons. The molecule has 2 heterocycles. The molecule has 4 rings (SSSR count). The smallest absolute Gasteiger partial charge is 0.221 e. The molecule has 1 N–H and O–H groups in total. The van der Waals surface area contributed by atoms with Gasteiger partial charge in [-0.1, -0.05) is 30.0 Å². The lowest BCUT2D eigenvalue weighted by molar-refractivity contribution is -0.114. The Morgan fingerprint density at radius 1 is 1.03 bits per heavy atom. The lowest BCUT2D eigenvalue weighted by atomic mass is 10.1. The van der Waals surface area contributed by atoms with E-state index in [2.05, 4.69) is 15.5 Å². The minimum absolute atomic E-state index is 0.0342. The molecule has 0 radical (unpaired) electrons. The highest BCUT2D eigenvalue weighted by Crippen LogP contribution is 2.32. The molecule has 0 spiro atoms. The Balaban J connectivity index is 1.63. The van der Waals surface area contributed by atoms with Crippen molar-refractivity contribution in [3.05, 3.63) is 78.3 Å². The van der Waals surface area contributed by atoms with E-state index in [0.717, 1.165) is 17.0 Å². The fourth-order valence-electron chi connectivity index (χ4n) is 3.31. The highest BCUT2D eigenvalue weighted by molar-refractivity contribution is 8.00. The Labute approximate surface area is 189 Å². The van der Waals surface area contributed by atoms with Crippen LogP contribution in [0.3, 0.4) is 0 Å². The second-order valence-corrected chi connectivity index (χ2v) is 8.56. The molecule has 2 aromatic heterocycles. The van der Waals surface area contributed by atoms with E-state index >= 15 is 0 Å². The third-order valence-corrected chi connectivity index (χ3v) is 5.93. The maximum Gasteiger partial charge on any atom is 0.221 e. The summed E-state index contributed by atoms with van der Waals surface area (Å²) >= 11 is 1.35. The lowest BCUT2D eigenvalue weighted by Crippen LogP contribution is -2.15. The minimum Gasteiger partial charge on any atom is -0.469 e. The van der Waals surface area contributed by atoms with Crippen molar-refractivity contribution in [1.29, 1.82) is 0 Å². The van der Waals surface area contributed by atoms with E-state index in [-0.39, 0.29) is 11.7 Å². The highest BCUT2D eigenvalue weighted by atomic mass is 32.2. The van der Waals surface area contributed by atoms with Crippen molar-refractivity contribution in [2.24, 2.45) is 0 Å². The normalized spacial score (nSPS) is 11.8. The average Bonchev–Trinajstić information content (AvgIpc) is 3.39. The van der Waals surface area contributed by atoms with Gasteiger partial charge < -0.3 is 9.73 Å². The summed E-state index contributed by atoms with van der Waals surface area (Å²) in [5.74, 6) is 1.21. The molecule has 0 aliphatic heterocycles. The molecule has 32 heavy (non-hydrogen) atoms. The predicted octanol–water partition coefficient (Wildman–Crippen LogP) is 5.16. The van der Waals surface area contributed by atoms with E-state index in [1.54, 1.807) is 30.5 Å². The molecule has 0 bridgehead atoms. The first-order valence-corrected chi connectivity index (χ1v) is 11.0. The average molecular weight is 447 g/mol. The zero-order valence-corrected chi connectivity index (χ0v) is 18.7. The molecule has 4 aromatic rings. The number of aromatic nitrogens is 3. The second kappa shape index (κ2) is 9.23. The van der Waals surface area contributed by atoms with Crippen molar-refractivity contribution in [3.63, 3.8) is 0 Å². The van der Waals surface area contributed by atoms with Crippen molar-refractivity contribution in [1.82, 2.24) is 14.8 Å². The van der Waals surface area contributed by atoms with Crippen LogP contribution in [0.25, 0.3) is 17.1 Å². The molecule has 0 saturated carbocycles. The minimum atomic E-state index is -0.397. The van der Waals surface area contributed by atoms with Crippen LogP contribution in [-0.2, 0) is 4.79 Å². The maximum absolute atomic E-state index is 13.0. The van der Waals surface area contributed by atoms with E-state index in [1.807, 2.05) is 54.8 Å². The number of carbonyl (C=O) groups excluding carboxylic acids is 2. The molecule has 7 nitrogen and oxygen atoms in total. The van der Waals surface area contributed by atoms with Gasteiger partial charge in [-0.05, 0) is 56.3 Å². The molecule has 0 fully saturated rings. The maximum atomic E-state index is 13.0. The molecule has 0 saturated heterocycles. The number of rotatable bonds is 7. The van der Waals surface area contributed by atoms with E-state index in [0.29, 0.717) is 22.2 Å². The summed E-state index contributed by atoms with van der Waals surface area (Å²) in [6, 6.07) is 18.5. The number of furan rings is 1. The van der Waals surface area contributed by atoms with Gasteiger partial charge in [0.2, 0.25) is 5.91 Å². The summed E-state index contributed by atoms with van der Waals surface area (Å²) in [7, 11) is 0. The number of hydrogen-bond donors (Lipinski definition) is 1. The number of Topliss-reactive ketones (excluding diaryl/α,β-unsaturated/α-hetero) is 1. The number of anilines is 1. The number of hydrogen-bond acceptors (Lipinski definition) is 6. The second-order valence-electron chi connectivity index (χ2n) is 7.25. The van der Waals surface area contributed by atoms with Crippen molar-refractivity contribution >= 4 is 29.1 Å². The number of amides is 1. The number of para-hydroxylation sites is 1. The quantitative estimate of drug-likeness (QED) is 0.312.